The summed E-state index contributed by atoms with van der Waals surface area (Å²) in [5.74, 6) is -0.976. The van der Waals surface area contributed by atoms with Crippen LogP contribution in [0.5, 0.6) is 0 Å². The van der Waals surface area contributed by atoms with E-state index in [1.807, 2.05) is 6.08 Å². The molecule has 15 heteroatoms. The molecule has 2 aliphatic rings. The molecule has 0 saturated carbocycles. The molecule has 63 heavy (non-hydrogen) atoms. The normalized spacial score (nSPS) is 27.0. The number of rotatable bonds is 37. The largest absolute Gasteiger partial charge is 0.462 e. The fraction of sp³-hybridized carbons (Fsp3) is 0.875. The highest BCUT2D eigenvalue weighted by atomic mass is 16.7. The van der Waals surface area contributed by atoms with E-state index in [2.05, 4.69) is 32.1 Å². The van der Waals surface area contributed by atoms with Crippen molar-refractivity contribution in [1.82, 2.24) is 0 Å². The molecule has 0 bridgehead atoms. The molecule has 15 nitrogen and oxygen atoms in total. The Morgan fingerprint density at radius 3 is 1.52 bits per heavy atom. The summed E-state index contributed by atoms with van der Waals surface area (Å²) in [5.41, 5.74) is 0. The van der Waals surface area contributed by atoms with Crippen molar-refractivity contribution in [3.8, 4) is 0 Å². The molecule has 7 N–H and O–H groups in total. The zero-order valence-electron chi connectivity index (χ0n) is 38.6. The van der Waals surface area contributed by atoms with E-state index in [9.17, 15) is 45.3 Å². The maximum atomic E-state index is 12.9. The topological polar surface area (TPSA) is 231 Å². The lowest BCUT2D eigenvalue weighted by atomic mass is 9.98. The molecule has 2 rings (SSSR count). The minimum atomic E-state index is -1.77. The number of unbranched alkanes of at least 4 members (excludes halogenated alkanes) is 19. The van der Waals surface area contributed by atoms with Crippen LogP contribution in [0.4, 0.5) is 0 Å². The number of allylic oxidation sites excluding steroid dienone is 4. The molecule has 0 aromatic carbocycles. The lowest BCUT2D eigenvalue weighted by Crippen LogP contribution is -2.61. The number of ether oxygens (including phenoxy) is 6. The molecule has 2 fully saturated rings. The monoisotopic (exact) mass is 903 g/mol. The third-order valence-electron chi connectivity index (χ3n) is 11.7. The minimum Gasteiger partial charge on any atom is -0.462 e. The maximum absolute atomic E-state index is 12.9. The van der Waals surface area contributed by atoms with Crippen molar-refractivity contribution in [3.63, 3.8) is 0 Å². The molecule has 2 saturated heterocycles. The second-order valence-electron chi connectivity index (χ2n) is 17.3. The Morgan fingerprint density at radius 2 is 0.968 bits per heavy atom. The van der Waals surface area contributed by atoms with Gasteiger partial charge in [-0.05, 0) is 38.5 Å². The summed E-state index contributed by atoms with van der Waals surface area (Å²) in [4.78, 5) is 25.6. The van der Waals surface area contributed by atoms with Crippen LogP contribution in [0.1, 0.15) is 174 Å². The number of esters is 2. The summed E-state index contributed by atoms with van der Waals surface area (Å²) in [5, 5.41) is 71.9. The first-order valence-corrected chi connectivity index (χ1v) is 24.4. The number of hydrogen-bond donors (Lipinski definition) is 7. The van der Waals surface area contributed by atoms with Gasteiger partial charge >= 0.3 is 11.9 Å². The lowest BCUT2D eigenvalue weighted by Gasteiger charge is -2.42. The van der Waals surface area contributed by atoms with Crippen LogP contribution in [0.2, 0.25) is 0 Å². The molecular formula is C48H86O15. The van der Waals surface area contributed by atoms with Crippen LogP contribution in [-0.4, -0.2) is 142 Å². The van der Waals surface area contributed by atoms with E-state index in [4.69, 9.17) is 28.4 Å². The van der Waals surface area contributed by atoms with Crippen molar-refractivity contribution in [2.24, 2.45) is 0 Å². The maximum Gasteiger partial charge on any atom is 0.306 e. The zero-order valence-corrected chi connectivity index (χ0v) is 38.6. The van der Waals surface area contributed by atoms with Gasteiger partial charge < -0.3 is 64.2 Å². The van der Waals surface area contributed by atoms with E-state index >= 15 is 0 Å². The summed E-state index contributed by atoms with van der Waals surface area (Å²) < 4.78 is 33.4. The number of aliphatic hydroxyl groups is 7. The molecule has 368 valence electrons. The van der Waals surface area contributed by atoms with Crippen molar-refractivity contribution < 1.29 is 73.8 Å². The van der Waals surface area contributed by atoms with Gasteiger partial charge in [-0.2, -0.15) is 0 Å². The second kappa shape index (κ2) is 36.1. The minimum absolute atomic E-state index is 0.156. The van der Waals surface area contributed by atoms with Gasteiger partial charge in [0.2, 0.25) is 0 Å². The highest BCUT2D eigenvalue weighted by Crippen LogP contribution is 2.26. The smallest absolute Gasteiger partial charge is 0.306 e. The summed E-state index contributed by atoms with van der Waals surface area (Å²) in [6.45, 7) is 2.52. The first-order chi connectivity index (χ1) is 30.5. The van der Waals surface area contributed by atoms with Crippen molar-refractivity contribution >= 4 is 11.9 Å². The van der Waals surface area contributed by atoms with Crippen LogP contribution in [0.25, 0.3) is 0 Å². The molecule has 4 unspecified atom stereocenters. The van der Waals surface area contributed by atoms with Crippen LogP contribution in [0, 0.1) is 0 Å². The van der Waals surface area contributed by atoms with Gasteiger partial charge in [-0.15, -0.1) is 0 Å². The molecule has 0 amide bonds. The standard InChI is InChI=1S/C48H86O15/c1-3-5-7-9-11-13-15-16-17-18-19-20-21-23-24-26-28-30-39(50)58-33-36(61-40(51)31-29-27-25-22-14-12-10-8-6-4-2)34-59-47-46(57)44(55)42(53)38(63-47)35-60-48-45(56)43(54)41(52)37(32-49)62-48/h19-20,23-24,36-38,41-49,52-57H,3-18,21-22,25-35H2,1-2H3/b20-19+,24-23+/t36-,37+,38+,41-,42-,43?,44?,45?,46?,47+,48+/m1/s1. The fourth-order valence-corrected chi connectivity index (χ4v) is 7.61. The average Bonchev–Trinajstić information content (AvgIpc) is 3.28. The Morgan fingerprint density at radius 1 is 0.508 bits per heavy atom. The quantitative estimate of drug-likeness (QED) is 0.0216. The molecule has 0 aliphatic carbocycles. The molecule has 0 radical (unpaired) electrons. The third kappa shape index (κ3) is 24.9. The lowest BCUT2D eigenvalue weighted by molar-refractivity contribution is -0.332. The van der Waals surface area contributed by atoms with Gasteiger partial charge in [0, 0.05) is 12.8 Å². The molecule has 2 aliphatic heterocycles. The van der Waals surface area contributed by atoms with E-state index in [-0.39, 0.29) is 19.4 Å². The summed E-state index contributed by atoms with van der Waals surface area (Å²) in [7, 11) is 0. The van der Waals surface area contributed by atoms with Gasteiger partial charge in [-0.3, -0.25) is 9.59 Å². The van der Waals surface area contributed by atoms with Crippen molar-refractivity contribution in [3.05, 3.63) is 24.3 Å². The Balaban J connectivity index is 1.83. The van der Waals surface area contributed by atoms with Gasteiger partial charge in [0.1, 0.15) is 55.4 Å². The van der Waals surface area contributed by atoms with Crippen LogP contribution in [-0.2, 0) is 38.0 Å². The van der Waals surface area contributed by atoms with Crippen LogP contribution in [0.15, 0.2) is 24.3 Å². The van der Waals surface area contributed by atoms with Gasteiger partial charge in [0.25, 0.3) is 0 Å². The summed E-state index contributed by atoms with van der Waals surface area (Å²) in [6, 6.07) is 0. The molecule has 2 heterocycles. The van der Waals surface area contributed by atoms with Crippen LogP contribution >= 0.6 is 0 Å². The average molecular weight is 903 g/mol. The Kier molecular flexibility index (Phi) is 32.8. The molecule has 11 atom stereocenters. The van der Waals surface area contributed by atoms with Crippen molar-refractivity contribution in [2.75, 3.05) is 26.4 Å². The SMILES string of the molecule is CCCCCCCCCCC/C=C/C/C=C/CCCC(=O)OC[C@H](CO[C@H]1O[C@@H](CO[C@H]2O[C@@H](CO)[C@@H](O)C(O)C2O)[C@@H](O)C(O)C1O)OC(=O)CCCCCCCCCCCC. The first-order valence-electron chi connectivity index (χ1n) is 24.4. The van der Waals surface area contributed by atoms with Gasteiger partial charge in [-0.25, -0.2) is 0 Å². The Labute approximate surface area is 377 Å². The number of carbonyl (C=O) groups excluding carboxylic acids is 2. The first kappa shape index (κ1) is 57.1. The fourth-order valence-electron chi connectivity index (χ4n) is 7.61. The molecule has 0 spiro atoms. The number of hydrogen-bond acceptors (Lipinski definition) is 15. The Bertz CT molecular complexity index is 1200. The van der Waals surface area contributed by atoms with Crippen molar-refractivity contribution in [2.45, 2.75) is 242 Å². The predicted octanol–water partition coefficient (Wildman–Crippen LogP) is 5.99. The van der Waals surface area contributed by atoms with E-state index in [1.54, 1.807) is 0 Å². The predicted molar refractivity (Wildman–Crippen MR) is 238 cm³/mol. The Hall–Kier alpha value is -2.02. The highest BCUT2D eigenvalue weighted by molar-refractivity contribution is 5.70. The van der Waals surface area contributed by atoms with Gasteiger partial charge in [0.15, 0.2) is 18.7 Å². The van der Waals surface area contributed by atoms with E-state index in [1.165, 1.54) is 96.3 Å². The second-order valence-corrected chi connectivity index (χ2v) is 17.3. The summed E-state index contributed by atoms with van der Waals surface area (Å²) in [6.07, 6.45) is 18.0. The van der Waals surface area contributed by atoms with E-state index in [0.29, 0.717) is 19.3 Å². The van der Waals surface area contributed by atoms with Crippen LogP contribution in [0.3, 0.4) is 0 Å². The van der Waals surface area contributed by atoms with Crippen LogP contribution < -0.4 is 0 Å². The molecule has 0 aromatic rings. The number of carbonyl (C=O) groups is 2. The van der Waals surface area contributed by atoms with E-state index < -0.39 is 99.3 Å². The molecular weight excluding hydrogens is 817 g/mol. The van der Waals surface area contributed by atoms with Gasteiger partial charge in [-0.1, -0.05) is 147 Å². The van der Waals surface area contributed by atoms with Crippen molar-refractivity contribution in [1.29, 1.82) is 0 Å². The van der Waals surface area contributed by atoms with Gasteiger partial charge in [0.05, 0.1) is 19.8 Å². The highest BCUT2D eigenvalue weighted by Gasteiger charge is 2.47. The molecule has 0 aromatic heterocycles. The zero-order chi connectivity index (χ0) is 46.1. The third-order valence-corrected chi connectivity index (χ3v) is 11.7. The summed E-state index contributed by atoms with van der Waals surface area (Å²) >= 11 is 0. The number of aliphatic hydroxyl groups excluding tert-OH is 7. The van der Waals surface area contributed by atoms with E-state index in [0.717, 1.165) is 32.1 Å².